The molecule has 0 unspecified atom stereocenters. The Labute approximate surface area is 269 Å². The topological polar surface area (TPSA) is 97.6 Å². The van der Waals surface area contributed by atoms with E-state index in [9.17, 15) is 9.59 Å². The minimum atomic E-state index is -0.855. The quantitative estimate of drug-likeness (QED) is 0.200. The lowest BCUT2D eigenvalue weighted by molar-refractivity contribution is -0.139. The first kappa shape index (κ1) is 31.9. The van der Waals surface area contributed by atoms with E-state index in [0.717, 1.165) is 11.1 Å². The number of fused-ring (bicyclic) bond motifs is 1. The molecule has 1 atom stereocenters. The number of allylic oxidation sites excluding steroid dienone is 1. The van der Waals surface area contributed by atoms with Gasteiger partial charge in [-0.2, -0.15) is 0 Å². The van der Waals surface area contributed by atoms with Crippen LogP contribution in [0.1, 0.15) is 43.5 Å². The van der Waals surface area contributed by atoms with Gasteiger partial charge in [0.15, 0.2) is 16.3 Å². The highest BCUT2D eigenvalue weighted by Crippen LogP contribution is 2.38. The lowest BCUT2D eigenvalue weighted by Crippen LogP contribution is -2.40. The molecule has 0 amide bonds. The average Bonchev–Trinajstić information content (AvgIpc) is 3.34. The maximum Gasteiger partial charge on any atom is 0.338 e. The summed E-state index contributed by atoms with van der Waals surface area (Å²) in [5.41, 5.74) is 2.54. The molecule has 1 aromatic heterocycles. The van der Waals surface area contributed by atoms with E-state index in [4.69, 9.17) is 35.3 Å². The number of carbonyl (C=O) groups excluding carboxylic acids is 1. The molecule has 234 valence electrons. The number of carbonyl (C=O) groups is 1. The number of thiazole rings is 1. The molecule has 4 aromatic rings. The second-order valence-corrected chi connectivity index (χ2v) is 11.3. The summed E-state index contributed by atoms with van der Waals surface area (Å²) in [5.74, 6) is 1.56. The molecule has 5 rings (SSSR count). The van der Waals surface area contributed by atoms with Crippen molar-refractivity contribution >= 4 is 35.0 Å². The van der Waals surface area contributed by atoms with Gasteiger partial charge in [0, 0.05) is 16.1 Å². The van der Waals surface area contributed by atoms with Crippen molar-refractivity contribution in [3.8, 4) is 23.0 Å². The molecular weight excluding hydrogens is 616 g/mol. The van der Waals surface area contributed by atoms with Crippen LogP contribution >= 0.6 is 22.9 Å². The zero-order chi connectivity index (χ0) is 32.1. The fourth-order valence-corrected chi connectivity index (χ4v) is 6.30. The molecule has 9 nitrogen and oxygen atoms in total. The van der Waals surface area contributed by atoms with Crippen LogP contribution in [0.15, 0.2) is 81.7 Å². The molecule has 3 aromatic carbocycles. The summed E-state index contributed by atoms with van der Waals surface area (Å²) >= 11 is 7.53. The van der Waals surface area contributed by atoms with Crippen LogP contribution in [0, 0.1) is 0 Å². The van der Waals surface area contributed by atoms with Gasteiger partial charge in [0.2, 0.25) is 0 Å². The molecular formula is C34H33ClN2O7S. The Morgan fingerprint density at radius 3 is 2.47 bits per heavy atom. The first-order chi connectivity index (χ1) is 21.8. The van der Waals surface area contributed by atoms with Gasteiger partial charge in [-0.25, -0.2) is 9.79 Å². The van der Waals surface area contributed by atoms with E-state index in [-0.39, 0.29) is 24.3 Å². The van der Waals surface area contributed by atoms with Gasteiger partial charge in [0.25, 0.3) is 5.56 Å². The number of methoxy groups -OCH3 is 2. The highest BCUT2D eigenvalue weighted by Gasteiger charge is 2.35. The Morgan fingerprint density at radius 1 is 0.978 bits per heavy atom. The molecule has 0 spiro atoms. The number of rotatable bonds is 11. The zero-order valence-corrected chi connectivity index (χ0v) is 27.2. The van der Waals surface area contributed by atoms with Gasteiger partial charge in [0.05, 0.1) is 43.2 Å². The molecule has 0 radical (unpaired) electrons. The van der Waals surface area contributed by atoms with E-state index in [1.807, 2.05) is 43.3 Å². The Balaban J connectivity index is 1.61. The van der Waals surface area contributed by atoms with Crippen molar-refractivity contribution in [2.45, 2.75) is 33.4 Å². The lowest BCUT2D eigenvalue weighted by atomic mass is 9.94. The van der Waals surface area contributed by atoms with E-state index >= 15 is 0 Å². The summed E-state index contributed by atoms with van der Waals surface area (Å²) in [5, 5.41) is 0.619. The molecule has 1 aliphatic rings. The number of benzene rings is 3. The molecule has 2 heterocycles. The van der Waals surface area contributed by atoms with E-state index in [2.05, 4.69) is 4.99 Å². The van der Waals surface area contributed by atoms with Crippen molar-refractivity contribution in [1.82, 2.24) is 4.57 Å². The minimum absolute atomic E-state index is 0.169. The van der Waals surface area contributed by atoms with Crippen molar-refractivity contribution in [1.29, 1.82) is 0 Å². The number of hydrogen-bond acceptors (Lipinski definition) is 9. The van der Waals surface area contributed by atoms with Crippen LogP contribution in [0.5, 0.6) is 23.0 Å². The minimum Gasteiger partial charge on any atom is -0.497 e. The van der Waals surface area contributed by atoms with Crippen molar-refractivity contribution in [3.05, 3.63) is 113 Å². The highest BCUT2D eigenvalue weighted by molar-refractivity contribution is 7.07. The average molecular weight is 649 g/mol. The largest absolute Gasteiger partial charge is 0.497 e. The van der Waals surface area contributed by atoms with Gasteiger partial charge in [-0.05, 0) is 68.8 Å². The van der Waals surface area contributed by atoms with Crippen LogP contribution in [0.4, 0.5) is 0 Å². The first-order valence-electron chi connectivity index (χ1n) is 14.3. The predicted molar refractivity (Wildman–Crippen MR) is 173 cm³/mol. The number of nitrogens with zero attached hydrogens (tertiary/aromatic N) is 2. The lowest BCUT2D eigenvalue weighted by Gasteiger charge is -2.26. The van der Waals surface area contributed by atoms with Crippen LogP contribution in [0.2, 0.25) is 5.02 Å². The van der Waals surface area contributed by atoms with Crippen molar-refractivity contribution in [2.75, 3.05) is 27.4 Å². The number of esters is 1. The summed E-state index contributed by atoms with van der Waals surface area (Å²) in [4.78, 5) is 32.5. The second kappa shape index (κ2) is 14.0. The third-order valence-corrected chi connectivity index (χ3v) is 8.51. The number of aromatic nitrogens is 1. The molecule has 0 aliphatic carbocycles. The van der Waals surface area contributed by atoms with Crippen molar-refractivity contribution in [2.24, 2.45) is 4.99 Å². The molecule has 1 aliphatic heterocycles. The third-order valence-electron chi connectivity index (χ3n) is 7.15. The number of halogens is 1. The first-order valence-corrected chi connectivity index (χ1v) is 15.5. The normalized spacial score (nSPS) is 14.4. The highest BCUT2D eigenvalue weighted by atomic mass is 35.5. The summed E-state index contributed by atoms with van der Waals surface area (Å²) in [6, 6.07) is 17.4. The van der Waals surface area contributed by atoms with Crippen molar-refractivity contribution < 1.29 is 28.5 Å². The summed E-state index contributed by atoms with van der Waals surface area (Å²) < 4.78 is 30.4. The van der Waals surface area contributed by atoms with Gasteiger partial charge in [-0.3, -0.25) is 9.36 Å². The standard InChI is InChI=1S/C34H33ClN2O7S/c1-6-42-28-16-21(12-14-27(28)44-19-22-10-8-9-11-25(22)35)17-29-32(38)37-31(24-18-23(40-4)13-15-26(24)41-5)30(33(39)43-7-2)20(3)36-34(37)45-29/h8-18,31H,6-7,19H2,1-5H3/b29-17+/t31-/m0/s1. The van der Waals surface area contributed by atoms with Gasteiger partial charge >= 0.3 is 5.97 Å². The van der Waals surface area contributed by atoms with Gasteiger partial charge in [-0.15, -0.1) is 0 Å². The number of hydrogen-bond donors (Lipinski definition) is 0. The summed E-state index contributed by atoms with van der Waals surface area (Å²) in [6.07, 6.45) is 1.77. The molecule has 0 saturated heterocycles. The zero-order valence-electron chi connectivity index (χ0n) is 25.6. The van der Waals surface area contributed by atoms with Gasteiger partial charge < -0.3 is 23.7 Å². The van der Waals surface area contributed by atoms with Gasteiger partial charge in [-0.1, -0.05) is 47.2 Å². The summed E-state index contributed by atoms with van der Waals surface area (Å²) in [6.45, 7) is 6.22. The number of ether oxygens (including phenoxy) is 5. The van der Waals surface area contributed by atoms with Crippen LogP contribution in [0.3, 0.4) is 0 Å². The summed E-state index contributed by atoms with van der Waals surface area (Å²) in [7, 11) is 3.08. The van der Waals surface area contributed by atoms with Crippen LogP contribution in [-0.4, -0.2) is 38.0 Å². The van der Waals surface area contributed by atoms with E-state index in [1.165, 1.54) is 23.0 Å². The Morgan fingerprint density at radius 2 is 1.76 bits per heavy atom. The molecule has 0 bridgehead atoms. The van der Waals surface area contributed by atoms with Crippen LogP contribution in [0.25, 0.3) is 6.08 Å². The van der Waals surface area contributed by atoms with E-state index in [1.54, 1.807) is 51.3 Å². The predicted octanol–water partition coefficient (Wildman–Crippen LogP) is 5.45. The molecule has 45 heavy (non-hydrogen) atoms. The molecule has 0 N–H and O–H groups in total. The fourth-order valence-electron chi connectivity index (χ4n) is 5.06. The van der Waals surface area contributed by atoms with Crippen LogP contribution in [-0.2, 0) is 16.1 Å². The maximum absolute atomic E-state index is 14.1. The Kier molecular flexibility index (Phi) is 9.95. The van der Waals surface area contributed by atoms with E-state index in [0.29, 0.717) is 55.2 Å². The monoisotopic (exact) mass is 648 g/mol. The molecule has 11 heteroatoms. The SMILES string of the molecule is CCOC(=O)C1=C(C)N=c2s/c(=C/c3ccc(OCc4ccccc4Cl)c(OCC)c3)c(=O)n2[C@H]1c1cc(OC)ccc1OC. The third kappa shape index (κ3) is 6.62. The Hall–Kier alpha value is -4.54. The fraction of sp³-hybridized carbons (Fsp3) is 0.265. The Bertz CT molecular complexity index is 1950. The molecule has 0 fully saturated rings. The van der Waals surface area contributed by atoms with Crippen molar-refractivity contribution in [3.63, 3.8) is 0 Å². The second-order valence-electron chi connectivity index (χ2n) is 9.93. The van der Waals surface area contributed by atoms with Gasteiger partial charge in [0.1, 0.15) is 24.1 Å². The van der Waals surface area contributed by atoms with Crippen LogP contribution < -0.4 is 33.8 Å². The molecule has 0 saturated carbocycles. The smallest absolute Gasteiger partial charge is 0.338 e. The van der Waals surface area contributed by atoms with E-state index < -0.39 is 12.0 Å². The maximum atomic E-state index is 14.1.